The van der Waals surface area contributed by atoms with Crippen LogP contribution in [0.15, 0.2) is 18.2 Å². The van der Waals surface area contributed by atoms with Crippen LogP contribution in [-0.4, -0.2) is 80.2 Å². The summed E-state index contributed by atoms with van der Waals surface area (Å²) in [6, 6.07) is 4.92. The molecule has 0 radical (unpaired) electrons. The van der Waals surface area contributed by atoms with Gasteiger partial charge in [0, 0.05) is 32.5 Å². The van der Waals surface area contributed by atoms with Gasteiger partial charge in [0.15, 0.2) is 0 Å². The summed E-state index contributed by atoms with van der Waals surface area (Å²) in [7, 11) is -1.42. The van der Waals surface area contributed by atoms with Gasteiger partial charge in [-0.3, -0.25) is 9.69 Å². The topological polar surface area (TPSA) is 97.3 Å². The van der Waals surface area contributed by atoms with Gasteiger partial charge in [0.2, 0.25) is 11.8 Å². The zero-order chi connectivity index (χ0) is 22.4. The average molecular weight is 440 g/mol. The van der Waals surface area contributed by atoms with E-state index in [1.807, 2.05) is 0 Å². The number of carbonyl (C=O) groups is 2. The molecule has 1 atom stereocenters. The maximum Gasteiger partial charge on any atom is 0.547 e. The van der Waals surface area contributed by atoms with E-state index in [0.717, 1.165) is 20.0 Å². The number of nitrogens with one attached hydrogen (secondary N) is 1. The van der Waals surface area contributed by atoms with Crippen molar-refractivity contribution in [2.24, 2.45) is 0 Å². The number of para-hydroxylation sites is 1. The van der Waals surface area contributed by atoms with Crippen LogP contribution in [0.2, 0.25) is 0 Å². The number of nitrogens with zero attached hydrogens (tertiary/aromatic N) is 1. The lowest BCUT2D eigenvalue weighted by atomic mass is 9.72. The first-order valence-corrected chi connectivity index (χ1v) is 10.3. The molecule has 11 heteroatoms. The number of carbonyl (C=O) groups excluding carboxylic acids is 2. The van der Waals surface area contributed by atoms with Crippen molar-refractivity contribution in [1.29, 1.82) is 0 Å². The lowest BCUT2D eigenvalue weighted by Crippen LogP contribution is -2.53. The summed E-state index contributed by atoms with van der Waals surface area (Å²) in [6.45, 7) is 4.45. The third-order valence-electron chi connectivity index (χ3n) is 5.22. The molecule has 0 unspecified atom stereocenters. The van der Waals surface area contributed by atoms with Crippen LogP contribution in [0.1, 0.15) is 35.7 Å². The lowest BCUT2D eigenvalue weighted by molar-refractivity contribution is -0.123. The highest BCUT2D eigenvalue weighted by Crippen LogP contribution is 2.30. The molecule has 0 bridgehead atoms. The molecule has 0 aliphatic carbocycles. The minimum absolute atomic E-state index is 0.189. The number of hydrogen-bond acceptors (Lipinski definition) is 7. The van der Waals surface area contributed by atoms with Gasteiger partial charge in [-0.2, -0.15) is 0 Å². The molecule has 0 saturated carbocycles. The zero-order valence-corrected chi connectivity index (χ0v) is 17.4. The number of fused-ring (bicyclic) bond motifs is 1. The number of halogens is 2. The van der Waals surface area contributed by atoms with E-state index in [1.54, 1.807) is 18.2 Å². The fourth-order valence-corrected chi connectivity index (χ4v) is 3.49. The standard InChI is InChI=1S/C20H27BF2N2O6/c1-20(22,23)6-5-17(26)24-16-13-14-3-2-4-15(18(14)31-21(16)28)19(27)30-12-9-25-7-10-29-11-8-25/h2-4,16,28H,5-13H2,1H3,(H,24,26)/t16-/m0/s1. The number of morpholine rings is 1. The SMILES string of the molecule is CC(F)(F)CCC(=O)N[C@H]1Cc2cccc(C(=O)OCCN3CCOCC3)c2OB1O. The first kappa shape index (κ1) is 23.4. The van der Waals surface area contributed by atoms with Crippen LogP contribution in [0.4, 0.5) is 8.78 Å². The second-order valence-corrected chi connectivity index (χ2v) is 7.84. The van der Waals surface area contributed by atoms with E-state index in [-0.39, 0.29) is 30.8 Å². The van der Waals surface area contributed by atoms with E-state index in [2.05, 4.69) is 10.2 Å². The van der Waals surface area contributed by atoms with Gasteiger partial charge in [-0.05, 0) is 25.0 Å². The molecule has 0 aromatic heterocycles. The van der Waals surface area contributed by atoms with Crippen molar-refractivity contribution in [2.45, 2.75) is 38.0 Å². The summed E-state index contributed by atoms with van der Waals surface area (Å²) in [5.41, 5.74) is 0.799. The van der Waals surface area contributed by atoms with Crippen LogP contribution in [-0.2, 0) is 20.7 Å². The van der Waals surface area contributed by atoms with Crippen LogP contribution in [0, 0.1) is 0 Å². The third kappa shape index (κ3) is 6.88. The molecule has 2 heterocycles. The smallest absolute Gasteiger partial charge is 0.534 e. The highest BCUT2D eigenvalue weighted by molar-refractivity contribution is 6.47. The number of amides is 1. The first-order valence-electron chi connectivity index (χ1n) is 10.3. The van der Waals surface area contributed by atoms with Crippen molar-refractivity contribution in [3.63, 3.8) is 0 Å². The predicted molar refractivity (Wildman–Crippen MR) is 108 cm³/mol. The fourth-order valence-electron chi connectivity index (χ4n) is 3.49. The van der Waals surface area contributed by atoms with Crippen LogP contribution in [0.3, 0.4) is 0 Å². The quantitative estimate of drug-likeness (QED) is 0.461. The number of esters is 1. The summed E-state index contributed by atoms with van der Waals surface area (Å²) in [5, 5.41) is 12.8. The Hall–Kier alpha value is -2.24. The van der Waals surface area contributed by atoms with Gasteiger partial charge >= 0.3 is 13.1 Å². The highest BCUT2D eigenvalue weighted by Gasteiger charge is 2.38. The van der Waals surface area contributed by atoms with E-state index in [1.165, 1.54) is 0 Å². The Morgan fingerprint density at radius 3 is 2.81 bits per heavy atom. The normalized spacial score (nSPS) is 19.4. The molecule has 31 heavy (non-hydrogen) atoms. The molecule has 1 fully saturated rings. The first-order chi connectivity index (χ1) is 14.7. The molecular formula is C20H27BF2N2O6. The highest BCUT2D eigenvalue weighted by atomic mass is 19.3. The zero-order valence-electron chi connectivity index (χ0n) is 17.4. The van der Waals surface area contributed by atoms with Crippen LogP contribution < -0.4 is 9.97 Å². The third-order valence-corrected chi connectivity index (χ3v) is 5.22. The molecule has 1 saturated heterocycles. The van der Waals surface area contributed by atoms with Crippen molar-refractivity contribution >= 4 is 19.0 Å². The summed E-state index contributed by atoms with van der Waals surface area (Å²) in [4.78, 5) is 26.6. The second kappa shape index (κ2) is 10.4. The molecule has 2 aliphatic rings. The molecule has 170 valence electrons. The van der Waals surface area contributed by atoms with Gasteiger partial charge in [-0.1, -0.05) is 12.1 Å². The largest absolute Gasteiger partial charge is 0.547 e. The minimum atomic E-state index is -2.94. The average Bonchev–Trinajstić information content (AvgIpc) is 2.72. The van der Waals surface area contributed by atoms with Crippen molar-refractivity contribution in [3.8, 4) is 5.75 Å². The molecule has 1 aromatic rings. The van der Waals surface area contributed by atoms with Gasteiger partial charge in [0.25, 0.3) is 0 Å². The van der Waals surface area contributed by atoms with Gasteiger partial charge in [0.1, 0.15) is 17.9 Å². The second-order valence-electron chi connectivity index (χ2n) is 7.84. The Bertz CT molecular complexity index is 785. The lowest BCUT2D eigenvalue weighted by Gasteiger charge is -2.29. The van der Waals surface area contributed by atoms with E-state index >= 15 is 0 Å². The molecule has 2 aliphatic heterocycles. The molecule has 1 amide bonds. The molecule has 3 rings (SSSR count). The van der Waals surface area contributed by atoms with Crippen LogP contribution in [0.25, 0.3) is 0 Å². The number of rotatable bonds is 8. The molecule has 1 aromatic carbocycles. The summed E-state index contributed by atoms with van der Waals surface area (Å²) >= 11 is 0. The fraction of sp³-hybridized carbons (Fsp3) is 0.600. The van der Waals surface area contributed by atoms with Crippen molar-refractivity contribution in [2.75, 3.05) is 39.5 Å². The summed E-state index contributed by atoms with van der Waals surface area (Å²) in [6.07, 6.45) is -0.756. The maximum absolute atomic E-state index is 12.9. The van der Waals surface area contributed by atoms with Gasteiger partial charge < -0.3 is 24.5 Å². The van der Waals surface area contributed by atoms with E-state index in [0.29, 0.717) is 25.3 Å². The van der Waals surface area contributed by atoms with Crippen LogP contribution in [0.5, 0.6) is 5.75 Å². The molecular weight excluding hydrogens is 413 g/mol. The Balaban J connectivity index is 1.56. The van der Waals surface area contributed by atoms with E-state index < -0.39 is 37.3 Å². The monoisotopic (exact) mass is 440 g/mol. The van der Waals surface area contributed by atoms with Gasteiger partial charge in [0.05, 0.1) is 19.2 Å². The summed E-state index contributed by atoms with van der Waals surface area (Å²) in [5.74, 6) is -4.71. The molecule has 0 spiro atoms. The number of benzene rings is 1. The Kier molecular flexibility index (Phi) is 7.85. The number of hydrogen-bond donors (Lipinski definition) is 2. The molecule has 2 N–H and O–H groups in total. The summed E-state index contributed by atoms with van der Waals surface area (Å²) < 4.78 is 42.0. The maximum atomic E-state index is 12.9. The molecule has 8 nitrogen and oxygen atoms in total. The minimum Gasteiger partial charge on any atom is -0.534 e. The van der Waals surface area contributed by atoms with Crippen molar-refractivity contribution in [1.82, 2.24) is 10.2 Å². The van der Waals surface area contributed by atoms with E-state index in [9.17, 15) is 23.4 Å². The Morgan fingerprint density at radius 2 is 2.10 bits per heavy atom. The number of ether oxygens (including phenoxy) is 2. The number of alkyl halides is 2. The van der Waals surface area contributed by atoms with Crippen molar-refractivity contribution in [3.05, 3.63) is 29.3 Å². The van der Waals surface area contributed by atoms with Gasteiger partial charge in [-0.15, -0.1) is 0 Å². The Labute approximate surface area is 180 Å². The van der Waals surface area contributed by atoms with Crippen LogP contribution >= 0.6 is 0 Å². The predicted octanol–water partition coefficient (Wildman–Crippen LogP) is 1.05. The van der Waals surface area contributed by atoms with E-state index in [4.69, 9.17) is 14.1 Å². The Morgan fingerprint density at radius 1 is 1.35 bits per heavy atom. The van der Waals surface area contributed by atoms with Crippen molar-refractivity contribution < 1.29 is 37.5 Å². The van der Waals surface area contributed by atoms with Gasteiger partial charge in [-0.25, -0.2) is 13.6 Å².